The first-order valence-corrected chi connectivity index (χ1v) is 6.12. The average molecular weight is 268 g/mol. The van der Waals surface area contributed by atoms with Crippen LogP contribution in [-0.2, 0) is 0 Å². The minimum absolute atomic E-state index is 0.0247. The molecule has 2 aromatic carbocycles. The molecule has 0 aliphatic heterocycles. The van der Waals surface area contributed by atoms with Crippen LogP contribution in [0.1, 0.15) is 0 Å². The SMILES string of the molecule is NCNc1c2ccccc2nc2cccc([N+](=O)[O-])c12. The van der Waals surface area contributed by atoms with E-state index >= 15 is 0 Å². The summed E-state index contributed by atoms with van der Waals surface area (Å²) in [6, 6.07) is 12.4. The number of aromatic nitrogens is 1. The smallest absolute Gasteiger partial charge is 0.280 e. The summed E-state index contributed by atoms with van der Waals surface area (Å²) in [5, 5.41) is 15.6. The zero-order valence-corrected chi connectivity index (χ0v) is 10.5. The fraction of sp³-hybridized carbons (Fsp3) is 0.0714. The molecule has 3 aromatic rings. The topological polar surface area (TPSA) is 94.1 Å². The van der Waals surface area contributed by atoms with Gasteiger partial charge in [0.1, 0.15) is 5.39 Å². The summed E-state index contributed by atoms with van der Waals surface area (Å²) in [4.78, 5) is 15.3. The normalized spacial score (nSPS) is 10.8. The van der Waals surface area contributed by atoms with Gasteiger partial charge in [-0.15, -0.1) is 0 Å². The first-order chi connectivity index (χ1) is 9.72. The molecule has 6 heteroatoms. The van der Waals surface area contributed by atoms with Gasteiger partial charge in [0.05, 0.1) is 28.3 Å². The molecule has 0 aliphatic carbocycles. The van der Waals surface area contributed by atoms with E-state index in [9.17, 15) is 10.1 Å². The van der Waals surface area contributed by atoms with Crippen molar-refractivity contribution in [3.05, 3.63) is 52.6 Å². The predicted octanol–water partition coefficient (Wildman–Crippen LogP) is 2.62. The lowest BCUT2D eigenvalue weighted by atomic mass is 10.1. The number of benzene rings is 2. The van der Waals surface area contributed by atoms with Crippen molar-refractivity contribution in [2.75, 3.05) is 12.0 Å². The molecule has 0 atom stereocenters. The van der Waals surface area contributed by atoms with Crippen molar-refractivity contribution in [2.24, 2.45) is 5.73 Å². The van der Waals surface area contributed by atoms with Crippen LogP contribution in [0.2, 0.25) is 0 Å². The summed E-state index contributed by atoms with van der Waals surface area (Å²) in [5.74, 6) is 0. The van der Waals surface area contributed by atoms with Gasteiger partial charge in [0.15, 0.2) is 0 Å². The van der Waals surface area contributed by atoms with E-state index in [0.29, 0.717) is 16.6 Å². The lowest BCUT2D eigenvalue weighted by Crippen LogP contribution is -2.12. The van der Waals surface area contributed by atoms with Gasteiger partial charge in [-0.25, -0.2) is 4.98 Å². The Bertz CT molecular complexity index is 817. The monoisotopic (exact) mass is 268 g/mol. The van der Waals surface area contributed by atoms with Crippen molar-refractivity contribution in [3.63, 3.8) is 0 Å². The summed E-state index contributed by atoms with van der Waals surface area (Å²) in [7, 11) is 0. The van der Waals surface area contributed by atoms with Gasteiger partial charge >= 0.3 is 0 Å². The minimum atomic E-state index is -0.402. The Morgan fingerprint density at radius 3 is 2.65 bits per heavy atom. The van der Waals surface area contributed by atoms with Gasteiger partial charge in [-0.3, -0.25) is 10.1 Å². The van der Waals surface area contributed by atoms with Crippen LogP contribution in [0.3, 0.4) is 0 Å². The van der Waals surface area contributed by atoms with E-state index in [1.165, 1.54) is 6.07 Å². The van der Waals surface area contributed by atoms with Crippen molar-refractivity contribution < 1.29 is 4.92 Å². The quantitative estimate of drug-likeness (QED) is 0.329. The van der Waals surface area contributed by atoms with Crippen LogP contribution in [0.5, 0.6) is 0 Å². The highest BCUT2D eigenvalue weighted by Gasteiger charge is 2.18. The van der Waals surface area contributed by atoms with E-state index in [1.807, 2.05) is 24.3 Å². The molecule has 3 N–H and O–H groups in total. The van der Waals surface area contributed by atoms with E-state index in [1.54, 1.807) is 12.1 Å². The fourth-order valence-electron chi connectivity index (χ4n) is 2.36. The number of para-hydroxylation sites is 1. The molecule has 0 saturated heterocycles. The molecule has 0 spiro atoms. The zero-order chi connectivity index (χ0) is 14.1. The van der Waals surface area contributed by atoms with Gasteiger partial charge in [0.2, 0.25) is 0 Å². The molecular weight excluding hydrogens is 256 g/mol. The molecule has 1 heterocycles. The van der Waals surface area contributed by atoms with Crippen LogP contribution in [0.4, 0.5) is 11.4 Å². The van der Waals surface area contributed by atoms with Crippen LogP contribution < -0.4 is 11.1 Å². The summed E-state index contributed by atoms with van der Waals surface area (Å²) >= 11 is 0. The zero-order valence-electron chi connectivity index (χ0n) is 10.5. The number of anilines is 1. The van der Waals surface area contributed by atoms with Gasteiger partial charge in [-0.05, 0) is 12.1 Å². The van der Waals surface area contributed by atoms with Crippen LogP contribution in [0.25, 0.3) is 21.8 Å². The molecule has 0 fully saturated rings. The maximum absolute atomic E-state index is 11.2. The van der Waals surface area contributed by atoms with Gasteiger partial charge in [0.25, 0.3) is 5.69 Å². The van der Waals surface area contributed by atoms with Gasteiger partial charge in [-0.2, -0.15) is 0 Å². The number of hydrogen-bond donors (Lipinski definition) is 2. The highest BCUT2D eigenvalue weighted by Crippen LogP contribution is 2.36. The highest BCUT2D eigenvalue weighted by molar-refractivity contribution is 6.11. The van der Waals surface area contributed by atoms with Crippen molar-refractivity contribution in [2.45, 2.75) is 0 Å². The molecule has 0 bridgehead atoms. The first kappa shape index (κ1) is 12.3. The number of hydrogen-bond acceptors (Lipinski definition) is 5. The van der Waals surface area contributed by atoms with Crippen molar-refractivity contribution >= 4 is 33.2 Å². The Balaban J connectivity index is 2.52. The summed E-state index contributed by atoms with van der Waals surface area (Å²) < 4.78 is 0. The Hall–Kier alpha value is -2.73. The van der Waals surface area contributed by atoms with Gasteiger partial charge in [0, 0.05) is 11.5 Å². The Morgan fingerprint density at radius 2 is 1.90 bits per heavy atom. The van der Waals surface area contributed by atoms with E-state index in [4.69, 9.17) is 5.73 Å². The number of fused-ring (bicyclic) bond motifs is 2. The number of non-ortho nitro benzene ring substituents is 1. The molecule has 20 heavy (non-hydrogen) atoms. The minimum Gasteiger partial charge on any atom is -0.371 e. The van der Waals surface area contributed by atoms with Gasteiger partial charge < -0.3 is 11.1 Å². The second-order valence-electron chi connectivity index (χ2n) is 4.31. The molecule has 0 aliphatic rings. The van der Waals surface area contributed by atoms with Crippen LogP contribution in [0.15, 0.2) is 42.5 Å². The molecule has 1 aromatic heterocycles. The van der Waals surface area contributed by atoms with E-state index in [0.717, 1.165) is 10.9 Å². The Kier molecular flexibility index (Phi) is 2.92. The molecular formula is C14H12N4O2. The maximum atomic E-state index is 11.2. The average Bonchev–Trinajstić information content (AvgIpc) is 2.46. The third kappa shape index (κ3) is 1.83. The number of nitro groups is 1. The number of nitrogens with one attached hydrogen (secondary N) is 1. The Labute approximate surface area is 114 Å². The number of nitro benzene ring substituents is 1. The Morgan fingerprint density at radius 1 is 1.15 bits per heavy atom. The van der Waals surface area contributed by atoms with E-state index < -0.39 is 4.92 Å². The van der Waals surface area contributed by atoms with Crippen LogP contribution in [0, 0.1) is 10.1 Å². The van der Waals surface area contributed by atoms with Crippen LogP contribution in [-0.4, -0.2) is 16.6 Å². The van der Waals surface area contributed by atoms with E-state index in [2.05, 4.69) is 10.3 Å². The summed E-state index contributed by atoms with van der Waals surface area (Å²) in [6.45, 7) is 0.190. The van der Waals surface area contributed by atoms with Gasteiger partial charge in [-0.1, -0.05) is 24.3 Å². The lowest BCUT2D eigenvalue weighted by Gasteiger charge is -2.11. The summed E-state index contributed by atoms with van der Waals surface area (Å²) in [6.07, 6.45) is 0. The second kappa shape index (κ2) is 4.75. The van der Waals surface area contributed by atoms with Crippen molar-refractivity contribution in [3.8, 4) is 0 Å². The summed E-state index contributed by atoms with van der Waals surface area (Å²) in [5.41, 5.74) is 7.60. The van der Waals surface area contributed by atoms with E-state index in [-0.39, 0.29) is 12.4 Å². The largest absolute Gasteiger partial charge is 0.371 e. The number of nitrogens with two attached hydrogens (primary N) is 1. The third-order valence-electron chi connectivity index (χ3n) is 3.16. The first-order valence-electron chi connectivity index (χ1n) is 6.12. The molecule has 0 unspecified atom stereocenters. The standard InChI is InChI=1S/C14H12N4O2/c15-8-16-14-9-4-1-2-5-10(9)17-11-6-3-7-12(13(11)14)18(19)20/h1-7H,8,15H2,(H,16,17). The number of nitrogens with zero attached hydrogens (tertiary/aromatic N) is 2. The molecule has 3 rings (SSSR count). The molecule has 0 radical (unpaired) electrons. The van der Waals surface area contributed by atoms with Crippen molar-refractivity contribution in [1.82, 2.24) is 4.98 Å². The molecule has 6 nitrogen and oxygen atoms in total. The number of rotatable bonds is 3. The second-order valence-corrected chi connectivity index (χ2v) is 4.31. The lowest BCUT2D eigenvalue weighted by molar-refractivity contribution is -0.383. The number of pyridine rings is 1. The fourth-order valence-corrected chi connectivity index (χ4v) is 2.36. The van der Waals surface area contributed by atoms with Crippen molar-refractivity contribution in [1.29, 1.82) is 0 Å². The predicted molar refractivity (Wildman–Crippen MR) is 78.6 cm³/mol. The third-order valence-corrected chi connectivity index (χ3v) is 3.16. The van der Waals surface area contributed by atoms with Crippen LogP contribution >= 0.6 is 0 Å². The molecule has 100 valence electrons. The molecule has 0 saturated carbocycles. The maximum Gasteiger partial charge on any atom is 0.280 e. The molecule has 0 amide bonds. The highest BCUT2D eigenvalue weighted by atomic mass is 16.6.